The summed E-state index contributed by atoms with van der Waals surface area (Å²) in [7, 11) is -3.61. The van der Waals surface area contributed by atoms with Crippen molar-refractivity contribution >= 4 is 21.4 Å². The molecule has 104 valence electrons. The average Bonchev–Trinajstić information content (AvgIpc) is 2.83. The summed E-state index contributed by atoms with van der Waals surface area (Å²) in [5.41, 5.74) is -1.14. The van der Waals surface area contributed by atoms with Crippen molar-refractivity contribution in [3.05, 3.63) is 30.3 Å². The van der Waals surface area contributed by atoms with Gasteiger partial charge in [0.05, 0.1) is 22.0 Å². The zero-order valence-corrected chi connectivity index (χ0v) is 11.9. The predicted octanol–water partition coefficient (Wildman–Crippen LogP) is 1.36. The third-order valence-corrected chi connectivity index (χ3v) is 6.83. The van der Waals surface area contributed by atoms with Gasteiger partial charge in [0, 0.05) is 6.42 Å². The zero-order valence-electron chi connectivity index (χ0n) is 10.4. The Labute approximate surface area is 117 Å². The molecule has 0 amide bonds. The van der Waals surface area contributed by atoms with E-state index >= 15 is 0 Å². The number of fused-ring (bicyclic) bond motifs is 2. The highest BCUT2D eigenvalue weighted by Crippen LogP contribution is 2.47. The van der Waals surface area contributed by atoms with E-state index in [1.54, 1.807) is 37.3 Å². The van der Waals surface area contributed by atoms with Gasteiger partial charge in [0.25, 0.3) is 0 Å². The quantitative estimate of drug-likeness (QED) is 0.838. The van der Waals surface area contributed by atoms with Gasteiger partial charge in [-0.2, -0.15) is 0 Å². The van der Waals surface area contributed by atoms with Crippen LogP contribution in [0.5, 0.6) is 0 Å². The molecule has 3 rings (SSSR count). The Hall–Kier alpha value is -0.620. The van der Waals surface area contributed by atoms with E-state index in [1.807, 2.05) is 0 Å². The van der Waals surface area contributed by atoms with E-state index in [-0.39, 0.29) is 4.90 Å². The highest BCUT2D eigenvalue weighted by Gasteiger charge is 2.63. The molecule has 0 saturated carbocycles. The van der Waals surface area contributed by atoms with E-state index in [0.29, 0.717) is 6.42 Å². The number of hydrogen-bond acceptors (Lipinski definition) is 4. The smallest absolute Gasteiger partial charge is 0.185 e. The van der Waals surface area contributed by atoms with Crippen molar-refractivity contribution in [3.63, 3.8) is 0 Å². The van der Waals surface area contributed by atoms with Crippen LogP contribution in [0, 0.1) is 0 Å². The van der Waals surface area contributed by atoms with Crippen LogP contribution in [0.1, 0.15) is 13.3 Å². The Morgan fingerprint density at radius 2 is 2.00 bits per heavy atom. The van der Waals surface area contributed by atoms with Crippen molar-refractivity contribution in [3.8, 4) is 0 Å². The summed E-state index contributed by atoms with van der Waals surface area (Å²) in [6, 6.07) is 8.18. The van der Waals surface area contributed by atoms with Crippen LogP contribution in [0.25, 0.3) is 0 Å². The van der Waals surface area contributed by atoms with Crippen LogP contribution >= 0.6 is 11.6 Å². The Kier molecular flexibility index (Phi) is 2.94. The minimum atomic E-state index is -3.61. The second kappa shape index (κ2) is 4.19. The van der Waals surface area contributed by atoms with Gasteiger partial charge >= 0.3 is 0 Å². The van der Waals surface area contributed by atoms with Crippen LogP contribution in [0.4, 0.5) is 0 Å². The highest BCUT2D eigenvalue weighted by molar-refractivity contribution is 7.92. The molecule has 19 heavy (non-hydrogen) atoms. The molecule has 0 aromatic heterocycles. The molecule has 2 bridgehead atoms. The van der Waals surface area contributed by atoms with Crippen LogP contribution < -0.4 is 0 Å². The fourth-order valence-electron chi connectivity index (χ4n) is 3.01. The average molecular weight is 303 g/mol. The number of rotatable bonds is 2. The van der Waals surface area contributed by atoms with E-state index in [9.17, 15) is 13.5 Å². The maximum atomic E-state index is 12.6. The van der Waals surface area contributed by atoms with Crippen molar-refractivity contribution in [2.45, 2.75) is 46.7 Å². The van der Waals surface area contributed by atoms with Gasteiger partial charge in [0.2, 0.25) is 0 Å². The molecule has 2 heterocycles. The Morgan fingerprint density at radius 3 is 2.58 bits per heavy atom. The van der Waals surface area contributed by atoms with Crippen molar-refractivity contribution in [2.75, 3.05) is 0 Å². The Balaban J connectivity index is 2.03. The summed E-state index contributed by atoms with van der Waals surface area (Å²) in [5.74, 6) is 0. The monoisotopic (exact) mass is 302 g/mol. The molecule has 0 radical (unpaired) electrons. The molecule has 1 aromatic rings. The second-order valence-electron chi connectivity index (χ2n) is 5.42. The number of sulfone groups is 1. The standard InChI is InChI=1S/C13H15ClO4S/c1-13(15)7-9-10(14)11(12(13)18-9)19(16,17)8-5-3-2-4-6-8/h2-6,9-12,15H,7H2,1H3/t9-,10+,11-,12-,13-/m0/s1. The molecule has 2 saturated heterocycles. The highest BCUT2D eigenvalue weighted by atomic mass is 35.5. The number of aliphatic hydroxyl groups is 1. The van der Waals surface area contributed by atoms with Gasteiger partial charge in [0.15, 0.2) is 9.84 Å². The Morgan fingerprint density at radius 1 is 1.37 bits per heavy atom. The van der Waals surface area contributed by atoms with E-state index < -0.39 is 38.3 Å². The van der Waals surface area contributed by atoms with Gasteiger partial charge in [-0.1, -0.05) is 18.2 Å². The normalized spacial score (nSPS) is 41.6. The second-order valence-corrected chi connectivity index (χ2v) is 8.03. The molecule has 1 N–H and O–H groups in total. The van der Waals surface area contributed by atoms with Crippen LogP contribution in [0.3, 0.4) is 0 Å². The molecule has 0 unspecified atom stereocenters. The number of alkyl halides is 1. The number of hydrogen-bond donors (Lipinski definition) is 1. The van der Waals surface area contributed by atoms with Gasteiger partial charge in [0.1, 0.15) is 11.4 Å². The van der Waals surface area contributed by atoms with Gasteiger partial charge in [-0.05, 0) is 19.1 Å². The van der Waals surface area contributed by atoms with Crippen LogP contribution in [-0.4, -0.2) is 42.0 Å². The maximum Gasteiger partial charge on any atom is 0.185 e. The summed E-state index contributed by atoms with van der Waals surface area (Å²) < 4.78 is 30.9. The zero-order chi connectivity index (χ0) is 13.8. The van der Waals surface area contributed by atoms with Crippen molar-refractivity contribution in [1.29, 1.82) is 0 Å². The summed E-state index contributed by atoms with van der Waals surface area (Å²) in [4.78, 5) is 0.220. The molecule has 0 spiro atoms. The summed E-state index contributed by atoms with van der Waals surface area (Å²) in [6.07, 6.45) is -0.775. The summed E-state index contributed by atoms with van der Waals surface area (Å²) >= 11 is 6.22. The minimum Gasteiger partial charge on any atom is -0.387 e. The fraction of sp³-hybridized carbons (Fsp3) is 0.538. The molecule has 5 atom stereocenters. The Bertz CT molecular complexity index is 584. The van der Waals surface area contributed by atoms with Gasteiger partial charge in [-0.3, -0.25) is 0 Å². The van der Waals surface area contributed by atoms with E-state index in [1.165, 1.54) is 0 Å². The van der Waals surface area contributed by atoms with E-state index in [4.69, 9.17) is 16.3 Å². The number of benzene rings is 1. The van der Waals surface area contributed by atoms with Gasteiger partial charge < -0.3 is 9.84 Å². The molecule has 1 aromatic carbocycles. The maximum absolute atomic E-state index is 12.6. The lowest BCUT2D eigenvalue weighted by atomic mass is 9.86. The lowest BCUT2D eigenvalue weighted by Crippen LogP contribution is -2.52. The molecule has 2 fully saturated rings. The molecular weight excluding hydrogens is 288 g/mol. The summed E-state index contributed by atoms with van der Waals surface area (Å²) in [5, 5.41) is 8.72. The van der Waals surface area contributed by atoms with E-state index in [2.05, 4.69) is 0 Å². The SMILES string of the molecule is C[C@]1(O)C[C@@H]2O[C@H]1[C@@H](S(=O)(=O)c1ccccc1)[C@@H]2Cl. The van der Waals surface area contributed by atoms with Gasteiger partial charge in [-0.15, -0.1) is 11.6 Å². The lowest BCUT2D eigenvalue weighted by molar-refractivity contribution is -0.0132. The molecule has 2 aliphatic rings. The molecule has 6 heteroatoms. The first-order valence-corrected chi connectivity index (χ1v) is 8.13. The first-order valence-electron chi connectivity index (χ1n) is 6.15. The summed E-state index contributed by atoms with van der Waals surface area (Å²) in [6.45, 7) is 1.61. The third-order valence-electron chi connectivity index (χ3n) is 3.95. The first-order chi connectivity index (χ1) is 8.84. The van der Waals surface area contributed by atoms with E-state index in [0.717, 1.165) is 0 Å². The number of halogens is 1. The third kappa shape index (κ3) is 1.91. The topological polar surface area (TPSA) is 63.6 Å². The van der Waals surface area contributed by atoms with Crippen LogP contribution in [-0.2, 0) is 14.6 Å². The molecule has 0 aliphatic carbocycles. The van der Waals surface area contributed by atoms with Crippen molar-refractivity contribution in [2.24, 2.45) is 0 Å². The first kappa shape index (κ1) is 13.4. The van der Waals surface area contributed by atoms with Crippen molar-refractivity contribution in [1.82, 2.24) is 0 Å². The van der Waals surface area contributed by atoms with Crippen molar-refractivity contribution < 1.29 is 18.3 Å². The molecule has 4 nitrogen and oxygen atoms in total. The minimum absolute atomic E-state index is 0.220. The lowest BCUT2D eigenvalue weighted by Gasteiger charge is -2.33. The number of ether oxygens (including phenoxy) is 1. The largest absolute Gasteiger partial charge is 0.387 e. The fourth-order valence-corrected chi connectivity index (χ4v) is 5.74. The van der Waals surface area contributed by atoms with Gasteiger partial charge in [-0.25, -0.2) is 8.42 Å². The van der Waals surface area contributed by atoms with Crippen LogP contribution in [0.15, 0.2) is 35.2 Å². The molecule has 2 aliphatic heterocycles. The predicted molar refractivity (Wildman–Crippen MR) is 71.0 cm³/mol. The molecular formula is C13H15ClO4S. The van der Waals surface area contributed by atoms with Crippen LogP contribution in [0.2, 0.25) is 0 Å².